The molecule has 6 nitrogen and oxygen atoms in total. The number of hydrogen-bond acceptors (Lipinski definition) is 5. The maximum Gasteiger partial charge on any atom is 0.241 e. The van der Waals surface area contributed by atoms with Crippen molar-refractivity contribution in [3.05, 3.63) is 35.9 Å². The SMILES string of the molecule is CC1COC(c2ccccc2)CN1C(=O)C1NNC2CCNCC21. The summed E-state index contributed by atoms with van der Waals surface area (Å²) in [6, 6.07) is 10.5. The number of rotatable bonds is 2. The van der Waals surface area contributed by atoms with Crippen molar-refractivity contribution < 1.29 is 9.53 Å². The first-order valence-corrected chi connectivity index (χ1v) is 8.93. The number of fused-ring (bicyclic) bond motifs is 1. The molecule has 5 unspecified atom stereocenters. The van der Waals surface area contributed by atoms with Crippen LogP contribution in [0.1, 0.15) is 25.0 Å². The molecule has 0 bridgehead atoms. The van der Waals surface area contributed by atoms with Crippen LogP contribution in [0.15, 0.2) is 30.3 Å². The van der Waals surface area contributed by atoms with Crippen molar-refractivity contribution in [2.24, 2.45) is 5.92 Å². The van der Waals surface area contributed by atoms with Gasteiger partial charge in [0, 0.05) is 18.5 Å². The maximum atomic E-state index is 13.2. The summed E-state index contributed by atoms with van der Waals surface area (Å²) in [7, 11) is 0. The topological polar surface area (TPSA) is 65.6 Å². The van der Waals surface area contributed by atoms with E-state index < -0.39 is 0 Å². The summed E-state index contributed by atoms with van der Waals surface area (Å²) in [6.45, 7) is 5.17. The summed E-state index contributed by atoms with van der Waals surface area (Å²) in [5.74, 6) is 0.506. The first-order valence-electron chi connectivity index (χ1n) is 8.93. The van der Waals surface area contributed by atoms with Crippen molar-refractivity contribution in [1.82, 2.24) is 21.1 Å². The van der Waals surface area contributed by atoms with Gasteiger partial charge in [0.2, 0.25) is 5.91 Å². The number of amides is 1. The second-order valence-electron chi connectivity index (χ2n) is 7.10. The molecular weight excluding hydrogens is 304 g/mol. The smallest absolute Gasteiger partial charge is 0.241 e. The zero-order valence-electron chi connectivity index (χ0n) is 14.1. The summed E-state index contributed by atoms with van der Waals surface area (Å²) >= 11 is 0. The predicted molar refractivity (Wildman–Crippen MR) is 91.1 cm³/mol. The first kappa shape index (κ1) is 16.0. The molecule has 3 aliphatic heterocycles. The summed E-state index contributed by atoms with van der Waals surface area (Å²) in [5.41, 5.74) is 7.70. The summed E-state index contributed by atoms with van der Waals surface area (Å²) in [6.07, 6.45) is 1.02. The van der Waals surface area contributed by atoms with Crippen LogP contribution in [0.2, 0.25) is 0 Å². The number of carbonyl (C=O) groups excluding carboxylic acids is 1. The van der Waals surface area contributed by atoms with E-state index >= 15 is 0 Å². The Bertz CT molecular complexity index is 582. The lowest BCUT2D eigenvalue weighted by Crippen LogP contribution is -2.56. The van der Waals surface area contributed by atoms with E-state index in [9.17, 15) is 4.79 Å². The van der Waals surface area contributed by atoms with Crippen LogP contribution in [-0.4, -0.2) is 55.2 Å². The molecule has 4 rings (SSSR count). The first-order chi connectivity index (χ1) is 11.7. The highest BCUT2D eigenvalue weighted by Crippen LogP contribution is 2.28. The quantitative estimate of drug-likeness (QED) is 0.734. The van der Waals surface area contributed by atoms with E-state index in [1.165, 1.54) is 0 Å². The van der Waals surface area contributed by atoms with Gasteiger partial charge in [-0.15, -0.1) is 0 Å². The van der Waals surface area contributed by atoms with E-state index in [1.54, 1.807) is 0 Å². The molecule has 3 aliphatic rings. The Morgan fingerprint density at radius 3 is 2.92 bits per heavy atom. The monoisotopic (exact) mass is 330 g/mol. The molecule has 3 heterocycles. The van der Waals surface area contributed by atoms with E-state index in [2.05, 4.69) is 35.2 Å². The number of carbonyl (C=O) groups is 1. The number of nitrogens with one attached hydrogen (secondary N) is 3. The van der Waals surface area contributed by atoms with Gasteiger partial charge in [-0.3, -0.25) is 10.2 Å². The largest absolute Gasteiger partial charge is 0.370 e. The molecule has 24 heavy (non-hydrogen) atoms. The van der Waals surface area contributed by atoms with Crippen molar-refractivity contribution in [3.63, 3.8) is 0 Å². The van der Waals surface area contributed by atoms with Crippen molar-refractivity contribution in [3.8, 4) is 0 Å². The third kappa shape index (κ3) is 2.95. The minimum Gasteiger partial charge on any atom is -0.370 e. The number of nitrogens with zero attached hydrogens (tertiary/aromatic N) is 1. The fourth-order valence-corrected chi connectivity index (χ4v) is 4.07. The highest BCUT2D eigenvalue weighted by Gasteiger charge is 2.44. The molecular formula is C18H26N4O2. The maximum absolute atomic E-state index is 13.2. The Balaban J connectivity index is 1.48. The Morgan fingerprint density at radius 2 is 2.08 bits per heavy atom. The van der Waals surface area contributed by atoms with Gasteiger partial charge in [0.25, 0.3) is 0 Å². The number of hydrazine groups is 1. The van der Waals surface area contributed by atoms with Crippen LogP contribution in [0.4, 0.5) is 0 Å². The van der Waals surface area contributed by atoms with E-state index in [0.717, 1.165) is 25.1 Å². The zero-order chi connectivity index (χ0) is 16.5. The molecule has 5 atom stereocenters. The second kappa shape index (κ2) is 6.80. The molecule has 6 heteroatoms. The van der Waals surface area contributed by atoms with Crippen LogP contribution in [0, 0.1) is 5.92 Å². The third-order valence-electron chi connectivity index (χ3n) is 5.54. The zero-order valence-corrected chi connectivity index (χ0v) is 14.1. The van der Waals surface area contributed by atoms with Crippen molar-refractivity contribution in [2.45, 2.75) is 37.6 Å². The number of ether oxygens (including phenoxy) is 1. The van der Waals surface area contributed by atoms with Crippen LogP contribution in [-0.2, 0) is 9.53 Å². The average molecular weight is 330 g/mol. The van der Waals surface area contributed by atoms with Gasteiger partial charge >= 0.3 is 0 Å². The lowest BCUT2D eigenvalue weighted by atomic mass is 9.88. The Hall–Kier alpha value is -1.47. The van der Waals surface area contributed by atoms with E-state index in [1.807, 2.05) is 23.1 Å². The Kier molecular flexibility index (Phi) is 4.54. The Morgan fingerprint density at radius 1 is 1.25 bits per heavy atom. The molecule has 1 amide bonds. The van der Waals surface area contributed by atoms with Crippen LogP contribution in [0.3, 0.4) is 0 Å². The van der Waals surface area contributed by atoms with E-state index in [-0.39, 0.29) is 24.1 Å². The molecule has 3 saturated heterocycles. The molecule has 0 aliphatic carbocycles. The molecule has 1 aromatic carbocycles. The predicted octanol–water partition coefficient (Wildman–Crippen LogP) is 0.430. The molecule has 0 saturated carbocycles. The van der Waals surface area contributed by atoms with Crippen molar-refractivity contribution in [1.29, 1.82) is 0 Å². The molecule has 1 aromatic rings. The van der Waals surface area contributed by atoms with Gasteiger partial charge in [0.1, 0.15) is 12.1 Å². The lowest BCUT2D eigenvalue weighted by molar-refractivity contribution is -0.147. The van der Waals surface area contributed by atoms with E-state index in [4.69, 9.17) is 4.74 Å². The minimum absolute atomic E-state index is 0.0407. The normalized spacial score (nSPS) is 36.4. The van der Waals surface area contributed by atoms with Gasteiger partial charge in [-0.05, 0) is 25.5 Å². The van der Waals surface area contributed by atoms with Gasteiger partial charge in [0.05, 0.1) is 19.2 Å². The fraction of sp³-hybridized carbons (Fsp3) is 0.611. The third-order valence-corrected chi connectivity index (χ3v) is 5.54. The summed E-state index contributed by atoms with van der Waals surface area (Å²) in [4.78, 5) is 15.2. The lowest BCUT2D eigenvalue weighted by Gasteiger charge is -2.40. The van der Waals surface area contributed by atoms with Crippen LogP contribution in [0.25, 0.3) is 0 Å². The van der Waals surface area contributed by atoms with Gasteiger partial charge in [-0.1, -0.05) is 30.3 Å². The highest BCUT2D eigenvalue weighted by molar-refractivity contribution is 5.83. The fourth-order valence-electron chi connectivity index (χ4n) is 4.07. The number of piperidine rings is 1. The molecule has 0 aromatic heterocycles. The summed E-state index contributed by atoms with van der Waals surface area (Å²) < 4.78 is 5.98. The van der Waals surface area contributed by atoms with Crippen LogP contribution in [0.5, 0.6) is 0 Å². The molecule has 0 spiro atoms. The van der Waals surface area contributed by atoms with Crippen LogP contribution < -0.4 is 16.2 Å². The molecule has 3 N–H and O–H groups in total. The van der Waals surface area contributed by atoms with Gasteiger partial charge in [-0.2, -0.15) is 0 Å². The van der Waals surface area contributed by atoms with Gasteiger partial charge < -0.3 is 15.0 Å². The van der Waals surface area contributed by atoms with Crippen molar-refractivity contribution in [2.75, 3.05) is 26.2 Å². The molecule has 0 radical (unpaired) electrons. The van der Waals surface area contributed by atoms with E-state index in [0.29, 0.717) is 25.1 Å². The van der Waals surface area contributed by atoms with Gasteiger partial charge in [-0.25, -0.2) is 5.43 Å². The van der Waals surface area contributed by atoms with Crippen LogP contribution >= 0.6 is 0 Å². The molecule has 3 fully saturated rings. The second-order valence-corrected chi connectivity index (χ2v) is 7.10. The molecule has 130 valence electrons. The summed E-state index contributed by atoms with van der Waals surface area (Å²) in [5, 5.41) is 3.41. The van der Waals surface area contributed by atoms with Gasteiger partial charge in [0.15, 0.2) is 0 Å². The highest BCUT2D eigenvalue weighted by atomic mass is 16.5. The minimum atomic E-state index is -0.153. The number of hydrogen-bond donors (Lipinski definition) is 3. The standard InChI is InChI=1S/C18H26N4O2/c1-12-11-24-16(13-5-3-2-4-6-13)10-22(12)18(23)17-14-9-19-8-7-15(14)20-21-17/h2-6,12,14-17,19-21H,7-11H2,1H3. The number of morpholine rings is 1. The Labute approximate surface area is 142 Å². The van der Waals surface area contributed by atoms with Crippen molar-refractivity contribution >= 4 is 5.91 Å². The number of benzene rings is 1. The average Bonchev–Trinajstić information content (AvgIpc) is 3.06.